The maximum absolute atomic E-state index is 13.2. The van der Waals surface area contributed by atoms with E-state index >= 15 is 0 Å². The molecule has 1 fully saturated rings. The highest BCUT2D eigenvalue weighted by Gasteiger charge is 2.40. The number of benzene rings is 1. The lowest BCUT2D eigenvalue weighted by Crippen LogP contribution is -2.57. The van der Waals surface area contributed by atoms with Gasteiger partial charge in [-0.15, -0.1) is 0 Å². The van der Waals surface area contributed by atoms with E-state index in [1.165, 1.54) is 35.9 Å². The van der Waals surface area contributed by atoms with Crippen LogP contribution in [0.3, 0.4) is 0 Å². The molecular formula is C21H29N5O6. The first-order valence-corrected chi connectivity index (χ1v) is 10.2. The summed E-state index contributed by atoms with van der Waals surface area (Å²) in [6, 6.07) is 3.17. The van der Waals surface area contributed by atoms with Gasteiger partial charge in [0.1, 0.15) is 23.9 Å². The van der Waals surface area contributed by atoms with Gasteiger partial charge in [0.05, 0.1) is 6.42 Å². The summed E-state index contributed by atoms with van der Waals surface area (Å²) in [7, 11) is 1.44. The van der Waals surface area contributed by atoms with Crippen molar-refractivity contribution in [2.24, 2.45) is 11.5 Å². The molecular weight excluding hydrogens is 418 g/mol. The molecule has 0 aromatic heterocycles. The van der Waals surface area contributed by atoms with Crippen LogP contribution in [0.2, 0.25) is 0 Å². The maximum atomic E-state index is 13.2. The summed E-state index contributed by atoms with van der Waals surface area (Å²) < 4.78 is 0. The first-order chi connectivity index (χ1) is 15.0. The standard InChI is InChI=1S/C21H29N5O6/c1-12(27)24-15(11-18(22)29)20(31)26-9-3-4-16(26)21(32)25(2)17(19(23)30)10-13-5-7-14(28)8-6-13/h5-8,15-17,28H,3-4,9-11H2,1-2H3,(H2,22,29)(H2,23,30)(H,24,27)/t15-,16-,17-/m0/s1. The van der Waals surface area contributed by atoms with Crippen molar-refractivity contribution in [1.82, 2.24) is 15.1 Å². The molecule has 11 nitrogen and oxygen atoms in total. The molecule has 0 saturated carbocycles. The van der Waals surface area contributed by atoms with E-state index < -0.39 is 54.1 Å². The molecule has 0 radical (unpaired) electrons. The van der Waals surface area contributed by atoms with E-state index in [4.69, 9.17) is 11.5 Å². The third-order valence-corrected chi connectivity index (χ3v) is 5.41. The number of likely N-dealkylation sites (tertiary alicyclic amines) is 1. The molecule has 0 spiro atoms. The molecule has 1 aromatic rings. The number of carbonyl (C=O) groups excluding carboxylic acids is 5. The Hall–Kier alpha value is -3.63. The van der Waals surface area contributed by atoms with Crippen molar-refractivity contribution in [3.8, 4) is 5.75 Å². The molecule has 1 heterocycles. The van der Waals surface area contributed by atoms with Crippen LogP contribution in [0.15, 0.2) is 24.3 Å². The first kappa shape index (κ1) is 24.6. The fourth-order valence-electron chi connectivity index (χ4n) is 3.81. The topological polar surface area (TPSA) is 176 Å². The van der Waals surface area contributed by atoms with E-state index in [9.17, 15) is 29.1 Å². The van der Waals surface area contributed by atoms with Crippen molar-refractivity contribution < 1.29 is 29.1 Å². The van der Waals surface area contributed by atoms with Crippen LogP contribution >= 0.6 is 0 Å². The monoisotopic (exact) mass is 447 g/mol. The Balaban J connectivity index is 2.19. The summed E-state index contributed by atoms with van der Waals surface area (Å²) in [5.74, 6) is -2.98. The number of phenolic OH excluding ortho intramolecular Hbond substituents is 1. The fourth-order valence-corrected chi connectivity index (χ4v) is 3.81. The number of amides is 5. The molecule has 2 rings (SSSR count). The third-order valence-electron chi connectivity index (χ3n) is 5.41. The Morgan fingerprint density at radius 2 is 1.81 bits per heavy atom. The minimum absolute atomic E-state index is 0.0681. The van der Waals surface area contributed by atoms with Crippen LogP contribution in [-0.2, 0) is 30.4 Å². The lowest BCUT2D eigenvalue weighted by atomic mass is 10.0. The van der Waals surface area contributed by atoms with E-state index in [1.807, 2.05) is 0 Å². The molecule has 174 valence electrons. The van der Waals surface area contributed by atoms with Crippen LogP contribution in [-0.4, -0.2) is 76.2 Å². The van der Waals surface area contributed by atoms with Crippen molar-refractivity contribution in [3.05, 3.63) is 29.8 Å². The second kappa shape index (κ2) is 10.6. The predicted molar refractivity (Wildman–Crippen MR) is 114 cm³/mol. The maximum Gasteiger partial charge on any atom is 0.246 e. The van der Waals surface area contributed by atoms with Gasteiger partial charge >= 0.3 is 0 Å². The van der Waals surface area contributed by atoms with Gasteiger partial charge in [0.15, 0.2) is 0 Å². The molecule has 0 unspecified atom stereocenters. The zero-order valence-corrected chi connectivity index (χ0v) is 18.1. The number of primary amides is 2. The summed E-state index contributed by atoms with van der Waals surface area (Å²) >= 11 is 0. The Labute approximate surface area is 185 Å². The third kappa shape index (κ3) is 6.19. The Kier molecular flexibility index (Phi) is 8.16. The number of likely N-dealkylation sites (N-methyl/N-ethyl adjacent to an activating group) is 1. The van der Waals surface area contributed by atoms with E-state index in [0.29, 0.717) is 18.4 Å². The molecule has 1 saturated heterocycles. The fraction of sp³-hybridized carbons (Fsp3) is 0.476. The molecule has 1 aliphatic rings. The Bertz CT molecular complexity index is 871. The van der Waals surface area contributed by atoms with Gasteiger partial charge < -0.3 is 31.7 Å². The zero-order chi connectivity index (χ0) is 24.0. The number of hydrogen-bond donors (Lipinski definition) is 4. The number of nitrogens with one attached hydrogen (secondary N) is 1. The van der Waals surface area contributed by atoms with Crippen LogP contribution in [0, 0.1) is 0 Å². The van der Waals surface area contributed by atoms with E-state index in [2.05, 4.69) is 5.32 Å². The summed E-state index contributed by atoms with van der Waals surface area (Å²) in [6.45, 7) is 1.47. The van der Waals surface area contributed by atoms with E-state index in [1.54, 1.807) is 12.1 Å². The minimum Gasteiger partial charge on any atom is -0.508 e. The summed E-state index contributed by atoms with van der Waals surface area (Å²) in [5.41, 5.74) is 11.4. The van der Waals surface area contributed by atoms with Gasteiger partial charge in [-0.05, 0) is 30.5 Å². The summed E-state index contributed by atoms with van der Waals surface area (Å²) in [4.78, 5) is 63.7. The van der Waals surface area contributed by atoms with E-state index in [0.717, 1.165) is 0 Å². The Morgan fingerprint density at radius 1 is 1.19 bits per heavy atom. The average Bonchev–Trinajstić information content (AvgIpc) is 3.20. The zero-order valence-electron chi connectivity index (χ0n) is 18.1. The second-order valence-corrected chi connectivity index (χ2v) is 7.85. The first-order valence-electron chi connectivity index (χ1n) is 10.2. The minimum atomic E-state index is -1.17. The van der Waals surface area contributed by atoms with Gasteiger partial charge in [-0.25, -0.2) is 0 Å². The number of aromatic hydroxyl groups is 1. The lowest BCUT2D eigenvalue weighted by molar-refractivity contribution is -0.148. The van der Waals surface area contributed by atoms with Crippen molar-refractivity contribution in [1.29, 1.82) is 0 Å². The molecule has 0 aliphatic carbocycles. The molecule has 5 amide bonds. The quantitative estimate of drug-likeness (QED) is 0.362. The summed E-state index contributed by atoms with van der Waals surface area (Å²) in [6.07, 6.45) is 0.645. The van der Waals surface area contributed by atoms with Crippen LogP contribution in [0.25, 0.3) is 0 Å². The van der Waals surface area contributed by atoms with Gasteiger partial charge in [0.25, 0.3) is 0 Å². The van der Waals surface area contributed by atoms with Crippen LogP contribution in [0.1, 0.15) is 31.7 Å². The highest BCUT2D eigenvalue weighted by Crippen LogP contribution is 2.22. The van der Waals surface area contributed by atoms with Crippen molar-refractivity contribution in [2.75, 3.05) is 13.6 Å². The molecule has 11 heteroatoms. The molecule has 3 atom stereocenters. The predicted octanol–water partition coefficient (Wildman–Crippen LogP) is -1.38. The van der Waals surface area contributed by atoms with Gasteiger partial charge in [-0.1, -0.05) is 12.1 Å². The number of rotatable bonds is 9. The average molecular weight is 447 g/mol. The number of phenols is 1. The highest BCUT2D eigenvalue weighted by atomic mass is 16.3. The number of carbonyl (C=O) groups is 5. The van der Waals surface area contributed by atoms with Crippen molar-refractivity contribution in [3.63, 3.8) is 0 Å². The second-order valence-electron chi connectivity index (χ2n) is 7.85. The lowest BCUT2D eigenvalue weighted by Gasteiger charge is -2.33. The largest absolute Gasteiger partial charge is 0.508 e. The molecule has 1 aromatic carbocycles. The molecule has 1 aliphatic heterocycles. The summed E-state index contributed by atoms with van der Waals surface area (Å²) in [5, 5.41) is 11.8. The molecule has 32 heavy (non-hydrogen) atoms. The van der Waals surface area contributed by atoms with Gasteiger partial charge in [-0.2, -0.15) is 0 Å². The highest BCUT2D eigenvalue weighted by molar-refractivity contribution is 5.96. The van der Waals surface area contributed by atoms with Crippen LogP contribution in [0.4, 0.5) is 0 Å². The number of nitrogens with zero attached hydrogens (tertiary/aromatic N) is 2. The smallest absolute Gasteiger partial charge is 0.246 e. The number of hydrogen-bond acceptors (Lipinski definition) is 6. The van der Waals surface area contributed by atoms with Crippen molar-refractivity contribution in [2.45, 2.75) is 50.7 Å². The van der Waals surface area contributed by atoms with E-state index in [-0.39, 0.29) is 18.7 Å². The SMILES string of the molecule is CC(=O)N[C@@H](CC(N)=O)C(=O)N1CCC[C@H]1C(=O)N(C)[C@@H](Cc1ccc(O)cc1)C(N)=O. The Morgan fingerprint density at radius 3 is 2.34 bits per heavy atom. The van der Waals surface area contributed by atoms with Gasteiger partial charge in [-0.3, -0.25) is 24.0 Å². The normalized spacial score (nSPS) is 17.3. The number of nitrogens with two attached hydrogens (primary N) is 2. The molecule has 0 bridgehead atoms. The van der Waals surface area contributed by atoms with Crippen LogP contribution in [0.5, 0.6) is 5.75 Å². The molecule has 6 N–H and O–H groups in total. The van der Waals surface area contributed by atoms with Gasteiger partial charge in [0.2, 0.25) is 29.5 Å². The van der Waals surface area contributed by atoms with Crippen molar-refractivity contribution >= 4 is 29.5 Å². The van der Waals surface area contributed by atoms with Crippen LogP contribution < -0.4 is 16.8 Å². The van der Waals surface area contributed by atoms with Gasteiger partial charge in [0, 0.05) is 26.9 Å².